The largest absolute Gasteiger partial charge is 0.480 e. The fourth-order valence-corrected chi connectivity index (χ4v) is 2.64. The van der Waals surface area contributed by atoms with Gasteiger partial charge in [-0.15, -0.1) is 0 Å². The lowest BCUT2D eigenvalue weighted by Gasteiger charge is -2.27. The lowest BCUT2D eigenvalue weighted by atomic mass is 9.87. The average Bonchev–Trinajstić information content (AvgIpc) is 2.36. The molecule has 1 atom stereocenters. The fraction of sp³-hybridized carbons (Fsp3) is 0.867. The predicted molar refractivity (Wildman–Crippen MR) is 78.4 cm³/mol. The SMILES string of the molecule is CC(C)CC(NCC(=O)NC1CCC(C)CC1)C(=O)O. The van der Waals surface area contributed by atoms with Gasteiger partial charge in [0.15, 0.2) is 0 Å². The summed E-state index contributed by atoms with van der Waals surface area (Å²) in [7, 11) is 0. The molecule has 0 spiro atoms. The molecule has 3 N–H and O–H groups in total. The first-order chi connectivity index (χ1) is 9.38. The molecule has 0 radical (unpaired) electrons. The van der Waals surface area contributed by atoms with Crippen LogP contribution in [0.15, 0.2) is 0 Å². The molecule has 1 aliphatic rings. The molecule has 0 saturated heterocycles. The van der Waals surface area contributed by atoms with Crippen LogP contribution >= 0.6 is 0 Å². The standard InChI is InChI=1S/C15H28N2O3/c1-10(2)8-13(15(19)20)16-9-14(18)17-12-6-4-11(3)5-7-12/h10-13,16H,4-9H2,1-3H3,(H,17,18)(H,19,20). The normalized spacial score (nSPS) is 24.4. The molecular formula is C15H28N2O3. The van der Waals surface area contributed by atoms with Gasteiger partial charge in [0.1, 0.15) is 6.04 Å². The Hall–Kier alpha value is -1.10. The quantitative estimate of drug-likeness (QED) is 0.666. The van der Waals surface area contributed by atoms with E-state index in [9.17, 15) is 9.59 Å². The second kappa shape index (κ2) is 8.25. The van der Waals surface area contributed by atoms with Gasteiger partial charge in [-0.1, -0.05) is 20.8 Å². The highest BCUT2D eigenvalue weighted by Gasteiger charge is 2.22. The maximum absolute atomic E-state index is 11.8. The Morgan fingerprint density at radius 3 is 2.30 bits per heavy atom. The van der Waals surface area contributed by atoms with Crippen molar-refractivity contribution in [3.8, 4) is 0 Å². The molecule has 0 aromatic carbocycles. The summed E-state index contributed by atoms with van der Waals surface area (Å²) in [6, 6.07) is -0.388. The molecule has 1 aliphatic carbocycles. The molecule has 20 heavy (non-hydrogen) atoms. The summed E-state index contributed by atoms with van der Waals surface area (Å²) in [5, 5.41) is 14.9. The van der Waals surface area contributed by atoms with Crippen LogP contribution in [0.4, 0.5) is 0 Å². The van der Waals surface area contributed by atoms with Crippen LogP contribution in [-0.4, -0.2) is 35.6 Å². The van der Waals surface area contributed by atoms with E-state index in [4.69, 9.17) is 5.11 Å². The van der Waals surface area contributed by atoms with Crippen molar-refractivity contribution in [1.82, 2.24) is 10.6 Å². The Kier molecular flexibility index (Phi) is 6.99. The van der Waals surface area contributed by atoms with Gasteiger partial charge >= 0.3 is 5.97 Å². The van der Waals surface area contributed by atoms with Crippen LogP contribution < -0.4 is 10.6 Å². The number of rotatable bonds is 7. The van der Waals surface area contributed by atoms with E-state index >= 15 is 0 Å². The van der Waals surface area contributed by atoms with E-state index in [1.807, 2.05) is 13.8 Å². The Bertz CT molecular complexity index is 323. The Labute approximate surface area is 121 Å². The van der Waals surface area contributed by atoms with E-state index in [2.05, 4.69) is 17.6 Å². The van der Waals surface area contributed by atoms with Crippen LogP contribution in [0.1, 0.15) is 52.9 Å². The first-order valence-corrected chi connectivity index (χ1v) is 7.64. The van der Waals surface area contributed by atoms with Gasteiger partial charge in [0.25, 0.3) is 0 Å². The lowest BCUT2D eigenvalue weighted by Crippen LogP contribution is -2.46. The van der Waals surface area contributed by atoms with Crippen molar-refractivity contribution in [2.24, 2.45) is 11.8 Å². The number of hydrogen-bond acceptors (Lipinski definition) is 3. The number of nitrogens with one attached hydrogen (secondary N) is 2. The summed E-state index contributed by atoms with van der Waals surface area (Å²) in [6.07, 6.45) is 4.90. The zero-order valence-electron chi connectivity index (χ0n) is 12.8. The molecule has 1 unspecified atom stereocenters. The highest BCUT2D eigenvalue weighted by Crippen LogP contribution is 2.23. The van der Waals surface area contributed by atoms with Gasteiger partial charge in [-0.2, -0.15) is 0 Å². The Morgan fingerprint density at radius 2 is 1.80 bits per heavy atom. The molecule has 1 saturated carbocycles. The van der Waals surface area contributed by atoms with Crippen molar-refractivity contribution in [2.75, 3.05) is 6.54 Å². The first-order valence-electron chi connectivity index (χ1n) is 7.64. The van der Waals surface area contributed by atoms with Crippen molar-refractivity contribution in [1.29, 1.82) is 0 Å². The number of carbonyl (C=O) groups excluding carboxylic acids is 1. The second-order valence-electron chi connectivity index (χ2n) is 6.43. The summed E-state index contributed by atoms with van der Waals surface area (Å²) < 4.78 is 0. The third-order valence-electron chi connectivity index (χ3n) is 3.90. The zero-order valence-corrected chi connectivity index (χ0v) is 12.8. The molecule has 0 aliphatic heterocycles. The number of hydrogen-bond donors (Lipinski definition) is 3. The minimum Gasteiger partial charge on any atom is -0.480 e. The van der Waals surface area contributed by atoms with Crippen LogP contribution in [0.2, 0.25) is 0 Å². The molecule has 0 aromatic heterocycles. The van der Waals surface area contributed by atoms with Gasteiger partial charge < -0.3 is 10.4 Å². The van der Waals surface area contributed by atoms with Gasteiger partial charge in [0.2, 0.25) is 5.91 Å². The molecule has 0 heterocycles. The van der Waals surface area contributed by atoms with Gasteiger partial charge in [0, 0.05) is 6.04 Å². The molecule has 1 rings (SSSR count). The van der Waals surface area contributed by atoms with Crippen LogP contribution in [0.25, 0.3) is 0 Å². The van der Waals surface area contributed by atoms with Crippen molar-refractivity contribution in [3.05, 3.63) is 0 Å². The highest BCUT2D eigenvalue weighted by molar-refractivity contribution is 5.80. The Morgan fingerprint density at radius 1 is 1.20 bits per heavy atom. The topological polar surface area (TPSA) is 78.4 Å². The lowest BCUT2D eigenvalue weighted by molar-refractivity contribution is -0.140. The first kappa shape index (κ1) is 17.0. The van der Waals surface area contributed by atoms with Crippen molar-refractivity contribution >= 4 is 11.9 Å². The van der Waals surface area contributed by atoms with E-state index < -0.39 is 12.0 Å². The summed E-state index contributed by atoms with van der Waals surface area (Å²) in [5.74, 6) is 0.0488. The molecular weight excluding hydrogens is 256 g/mol. The molecule has 1 amide bonds. The zero-order chi connectivity index (χ0) is 15.1. The molecule has 0 bridgehead atoms. The maximum atomic E-state index is 11.8. The van der Waals surface area contributed by atoms with Crippen molar-refractivity contribution in [3.63, 3.8) is 0 Å². The van der Waals surface area contributed by atoms with Gasteiger partial charge in [-0.3, -0.25) is 14.9 Å². The van der Waals surface area contributed by atoms with E-state index in [1.165, 1.54) is 0 Å². The second-order valence-corrected chi connectivity index (χ2v) is 6.43. The Balaban J connectivity index is 2.29. The smallest absolute Gasteiger partial charge is 0.320 e. The van der Waals surface area contributed by atoms with Crippen LogP contribution in [0.5, 0.6) is 0 Å². The van der Waals surface area contributed by atoms with Crippen LogP contribution in [0.3, 0.4) is 0 Å². The number of amides is 1. The maximum Gasteiger partial charge on any atom is 0.320 e. The third-order valence-corrected chi connectivity index (χ3v) is 3.90. The summed E-state index contributed by atoms with van der Waals surface area (Å²) >= 11 is 0. The van der Waals surface area contributed by atoms with E-state index in [1.54, 1.807) is 0 Å². The fourth-order valence-electron chi connectivity index (χ4n) is 2.64. The van der Waals surface area contributed by atoms with Crippen molar-refractivity contribution in [2.45, 2.75) is 65.0 Å². The molecule has 0 aromatic rings. The van der Waals surface area contributed by atoms with Gasteiger partial charge in [-0.05, 0) is 43.9 Å². The van der Waals surface area contributed by atoms with Gasteiger partial charge in [-0.25, -0.2) is 0 Å². The number of aliphatic carboxylic acids is 1. The van der Waals surface area contributed by atoms with E-state index in [-0.39, 0.29) is 24.4 Å². The predicted octanol–water partition coefficient (Wildman–Crippen LogP) is 1.77. The van der Waals surface area contributed by atoms with Crippen LogP contribution in [0, 0.1) is 11.8 Å². The minimum absolute atomic E-state index is 0.0791. The highest BCUT2D eigenvalue weighted by atomic mass is 16.4. The monoisotopic (exact) mass is 284 g/mol. The molecule has 116 valence electrons. The third kappa shape index (κ3) is 6.37. The molecule has 1 fully saturated rings. The molecule has 5 heteroatoms. The number of carbonyl (C=O) groups is 2. The summed E-state index contributed by atoms with van der Waals surface area (Å²) in [6.45, 7) is 6.26. The minimum atomic E-state index is -0.891. The number of carboxylic acids is 1. The van der Waals surface area contributed by atoms with E-state index in [0.29, 0.717) is 6.42 Å². The van der Waals surface area contributed by atoms with Crippen LogP contribution in [-0.2, 0) is 9.59 Å². The van der Waals surface area contributed by atoms with Crippen molar-refractivity contribution < 1.29 is 14.7 Å². The number of carboxylic acid groups (broad SMARTS) is 1. The molecule has 5 nitrogen and oxygen atoms in total. The summed E-state index contributed by atoms with van der Waals surface area (Å²) in [4.78, 5) is 22.9. The summed E-state index contributed by atoms with van der Waals surface area (Å²) in [5.41, 5.74) is 0. The average molecular weight is 284 g/mol. The van der Waals surface area contributed by atoms with Gasteiger partial charge in [0.05, 0.1) is 6.54 Å². The van der Waals surface area contributed by atoms with E-state index in [0.717, 1.165) is 31.6 Å².